The van der Waals surface area contributed by atoms with E-state index in [4.69, 9.17) is 14.2 Å². The van der Waals surface area contributed by atoms with Gasteiger partial charge in [-0.05, 0) is 57.0 Å². The predicted molar refractivity (Wildman–Crippen MR) is 140 cm³/mol. The van der Waals surface area contributed by atoms with Crippen LogP contribution in [0.15, 0.2) is 69.6 Å². The molecule has 9 heteroatoms. The summed E-state index contributed by atoms with van der Waals surface area (Å²) in [6.07, 6.45) is 1.77. The molecule has 2 aromatic carbocycles. The summed E-state index contributed by atoms with van der Waals surface area (Å²) in [7, 11) is 0. The number of benzene rings is 2. The van der Waals surface area contributed by atoms with Crippen molar-refractivity contribution in [3.63, 3.8) is 0 Å². The molecule has 1 atom stereocenters. The second-order valence-electron chi connectivity index (χ2n) is 8.38. The molecule has 1 aliphatic heterocycles. The van der Waals surface area contributed by atoms with Crippen molar-refractivity contribution >= 4 is 29.4 Å². The summed E-state index contributed by atoms with van der Waals surface area (Å²) in [5, 5.41) is 0. The molecule has 0 saturated heterocycles. The van der Waals surface area contributed by atoms with Crippen molar-refractivity contribution in [1.29, 1.82) is 0 Å². The minimum atomic E-state index is -0.642. The minimum Gasteiger partial charge on any atom is -0.482 e. The average Bonchev–Trinajstić information content (AvgIpc) is 3.18. The van der Waals surface area contributed by atoms with Gasteiger partial charge in [-0.2, -0.15) is 0 Å². The van der Waals surface area contributed by atoms with Gasteiger partial charge in [0.15, 0.2) is 11.4 Å². The van der Waals surface area contributed by atoms with Gasteiger partial charge >= 0.3 is 11.9 Å². The Balaban J connectivity index is 1.73. The molecule has 0 amide bonds. The molecule has 0 saturated carbocycles. The van der Waals surface area contributed by atoms with Gasteiger partial charge in [0.05, 0.1) is 35.1 Å². The van der Waals surface area contributed by atoms with Gasteiger partial charge < -0.3 is 14.2 Å². The number of esters is 2. The third-order valence-corrected chi connectivity index (χ3v) is 6.73. The number of rotatable bonds is 8. The fourth-order valence-electron chi connectivity index (χ4n) is 4.01. The Morgan fingerprint density at radius 1 is 1.00 bits per heavy atom. The van der Waals surface area contributed by atoms with Gasteiger partial charge in [0.2, 0.25) is 0 Å². The number of aryl methyl sites for hydroxylation is 1. The second kappa shape index (κ2) is 11.4. The number of aromatic nitrogens is 1. The van der Waals surface area contributed by atoms with Crippen LogP contribution in [0.5, 0.6) is 5.75 Å². The molecule has 8 nitrogen and oxygen atoms in total. The molecule has 2 heterocycles. The molecule has 0 N–H and O–H groups in total. The van der Waals surface area contributed by atoms with Gasteiger partial charge in [-0.25, -0.2) is 14.6 Å². The van der Waals surface area contributed by atoms with E-state index in [9.17, 15) is 14.4 Å². The Bertz CT molecular complexity index is 1510. The Labute approximate surface area is 218 Å². The first-order valence-corrected chi connectivity index (χ1v) is 12.8. The number of nitrogens with zero attached hydrogens (tertiary/aromatic N) is 2. The van der Waals surface area contributed by atoms with E-state index in [0.29, 0.717) is 33.0 Å². The van der Waals surface area contributed by atoms with Crippen molar-refractivity contribution in [3.8, 4) is 5.75 Å². The Morgan fingerprint density at radius 2 is 1.68 bits per heavy atom. The van der Waals surface area contributed by atoms with E-state index in [-0.39, 0.29) is 18.8 Å². The zero-order chi connectivity index (χ0) is 26.5. The van der Waals surface area contributed by atoms with Crippen LogP contribution in [0.1, 0.15) is 43.5 Å². The Kier molecular flexibility index (Phi) is 8.03. The third-order valence-electron chi connectivity index (χ3n) is 5.75. The van der Waals surface area contributed by atoms with E-state index in [2.05, 4.69) is 4.99 Å². The topological polar surface area (TPSA) is 96.2 Å². The van der Waals surface area contributed by atoms with Crippen molar-refractivity contribution in [2.75, 3.05) is 19.8 Å². The molecule has 0 radical (unpaired) electrons. The molecule has 0 fully saturated rings. The zero-order valence-electron chi connectivity index (χ0n) is 21.1. The van der Waals surface area contributed by atoms with Crippen molar-refractivity contribution in [3.05, 3.63) is 96.2 Å². The number of fused-ring (bicyclic) bond motifs is 1. The lowest BCUT2D eigenvalue weighted by molar-refractivity contribution is -0.145. The maximum Gasteiger partial charge on any atom is 0.344 e. The molecule has 1 aromatic heterocycles. The molecule has 0 bridgehead atoms. The molecule has 0 spiro atoms. The monoisotopic (exact) mass is 520 g/mol. The third kappa shape index (κ3) is 5.72. The van der Waals surface area contributed by atoms with Gasteiger partial charge in [-0.1, -0.05) is 53.3 Å². The molecule has 192 valence electrons. The van der Waals surface area contributed by atoms with Crippen molar-refractivity contribution < 1.29 is 23.8 Å². The molecule has 4 rings (SSSR count). The van der Waals surface area contributed by atoms with E-state index >= 15 is 0 Å². The van der Waals surface area contributed by atoms with Crippen LogP contribution in [0.4, 0.5) is 0 Å². The standard InChI is InChI=1S/C28H28N2O6S/c1-5-34-23(31)16-36-21-13-9-19(10-14-21)15-22-26(32)30-25(20-11-7-17(3)8-12-20)24(27(33)35-6-2)18(4)29-28(30)37-22/h7-15,25H,5-6,16H2,1-4H3/b22-15+/t25-/m0/s1. The number of allylic oxidation sites excluding steroid dienone is 1. The summed E-state index contributed by atoms with van der Waals surface area (Å²) >= 11 is 1.26. The highest BCUT2D eigenvalue weighted by Crippen LogP contribution is 2.30. The molecule has 3 aromatic rings. The highest BCUT2D eigenvalue weighted by Gasteiger charge is 2.33. The van der Waals surface area contributed by atoms with Crippen LogP contribution in [0, 0.1) is 6.92 Å². The number of carbonyl (C=O) groups is 2. The fourth-order valence-corrected chi connectivity index (χ4v) is 5.06. The highest BCUT2D eigenvalue weighted by molar-refractivity contribution is 7.07. The molecule has 0 aliphatic carbocycles. The van der Waals surface area contributed by atoms with E-state index in [0.717, 1.165) is 16.7 Å². The first kappa shape index (κ1) is 26.1. The van der Waals surface area contributed by atoms with Crippen LogP contribution >= 0.6 is 11.3 Å². The largest absolute Gasteiger partial charge is 0.482 e. The molecule has 0 unspecified atom stereocenters. The number of thiazole rings is 1. The van der Waals surface area contributed by atoms with Crippen LogP contribution in [0.25, 0.3) is 6.08 Å². The fraction of sp³-hybridized carbons (Fsp3) is 0.286. The lowest BCUT2D eigenvalue weighted by atomic mass is 9.95. The van der Waals surface area contributed by atoms with Gasteiger partial charge in [0.25, 0.3) is 5.56 Å². The van der Waals surface area contributed by atoms with Gasteiger partial charge in [0.1, 0.15) is 5.75 Å². The van der Waals surface area contributed by atoms with Crippen LogP contribution in [-0.4, -0.2) is 36.3 Å². The van der Waals surface area contributed by atoms with Crippen LogP contribution in [-0.2, 0) is 19.1 Å². The first-order valence-electron chi connectivity index (χ1n) is 12.0. The average molecular weight is 521 g/mol. The summed E-state index contributed by atoms with van der Waals surface area (Å²) < 4.78 is 17.7. The summed E-state index contributed by atoms with van der Waals surface area (Å²) in [4.78, 5) is 43.2. The normalized spacial score (nSPS) is 15.1. The number of ether oxygens (including phenoxy) is 3. The number of carbonyl (C=O) groups excluding carboxylic acids is 2. The molecular weight excluding hydrogens is 492 g/mol. The SMILES string of the molecule is CCOC(=O)COc1ccc(/C=c2/sc3n(c2=O)[C@@H](c2ccc(C)cc2)C(C(=O)OCC)=C(C)N=3)cc1. The van der Waals surface area contributed by atoms with Crippen molar-refractivity contribution in [1.82, 2.24) is 4.57 Å². The number of hydrogen-bond donors (Lipinski definition) is 0. The first-order chi connectivity index (χ1) is 17.8. The highest BCUT2D eigenvalue weighted by atomic mass is 32.1. The summed E-state index contributed by atoms with van der Waals surface area (Å²) in [6.45, 7) is 7.57. The van der Waals surface area contributed by atoms with Gasteiger partial charge in [0, 0.05) is 0 Å². The van der Waals surface area contributed by atoms with Crippen molar-refractivity contribution in [2.45, 2.75) is 33.7 Å². The lowest BCUT2D eigenvalue weighted by Gasteiger charge is -2.24. The minimum absolute atomic E-state index is 0.174. The second-order valence-corrected chi connectivity index (χ2v) is 9.38. The maximum atomic E-state index is 13.6. The molecule has 1 aliphatic rings. The summed E-state index contributed by atoms with van der Waals surface area (Å²) in [5.41, 5.74) is 3.30. The van der Waals surface area contributed by atoms with E-state index in [1.165, 1.54) is 11.3 Å². The van der Waals surface area contributed by atoms with Crippen molar-refractivity contribution in [2.24, 2.45) is 4.99 Å². The Morgan fingerprint density at radius 3 is 2.32 bits per heavy atom. The van der Waals surface area contributed by atoms with Crippen LogP contribution < -0.4 is 19.6 Å². The molecule has 37 heavy (non-hydrogen) atoms. The predicted octanol–water partition coefficient (Wildman–Crippen LogP) is 3.05. The van der Waals surface area contributed by atoms with Gasteiger partial charge in [-0.15, -0.1) is 0 Å². The van der Waals surface area contributed by atoms with E-state index in [1.807, 2.05) is 31.2 Å². The Hall–Kier alpha value is -3.98. The van der Waals surface area contributed by atoms with Crippen LogP contribution in [0.2, 0.25) is 0 Å². The lowest BCUT2D eigenvalue weighted by Crippen LogP contribution is -2.39. The van der Waals surface area contributed by atoms with E-state index < -0.39 is 18.0 Å². The quantitative estimate of drug-likeness (QED) is 0.424. The van der Waals surface area contributed by atoms with Gasteiger partial charge in [-0.3, -0.25) is 9.36 Å². The number of hydrogen-bond acceptors (Lipinski definition) is 8. The molecular formula is C28H28N2O6S. The smallest absolute Gasteiger partial charge is 0.344 e. The van der Waals surface area contributed by atoms with E-state index in [1.54, 1.807) is 55.7 Å². The maximum absolute atomic E-state index is 13.6. The van der Waals surface area contributed by atoms with Crippen LogP contribution in [0.3, 0.4) is 0 Å². The summed E-state index contributed by atoms with van der Waals surface area (Å²) in [5.74, 6) is -0.406. The zero-order valence-corrected chi connectivity index (χ0v) is 22.0. The summed E-state index contributed by atoms with van der Waals surface area (Å²) in [6, 6.07) is 14.1.